The molecule has 0 saturated carbocycles. The summed E-state index contributed by atoms with van der Waals surface area (Å²) in [6, 6.07) is 13.3. The topological polar surface area (TPSA) is 144 Å². The Morgan fingerprint density at radius 1 is 1.10 bits per heavy atom. The number of benzene rings is 2. The normalized spacial score (nSPS) is 15.2. The number of piperidine rings is 1. The first-order chi connectivity index (χ1) is 20.3. The van der Waals surface area contributed by atoms with Crippen LogP contribution in [0, 0.1) is 0 Å². The number of likely N-dealkylation sites (tertiary alicyclic amines) is 1. The monoisotopic (exact) mass is 588 g/mol. The maximum Gasteiger partial charge on any atom is 0.281 e. The molecule has 6 rings (SSSR count). The second-order valence-corrected chi connectivity index (χ2v) is 11.0. The summed E-state index contributed by atoms with van der Waals surface area (Å²) in [5.74, 6) is 0.482. The molecule has 3 aromatic heterocycles. The largest absolute Gasteiger partial charge is 0.388 e. The summed E-state index contributed by atoms with van der Waals surface area (Å²) in [6.07, 6.45) is 4.42. The molecule has 0 unspecified atom stereocenters. The van der Waals surface area contributed by atoms with E-state index in [1.165, 1.54) is 17.3 Å². The number of hydrogen-bond donors (Lipinski definition) is 2. The molecule has 1 amide bonds. The molecule has 1 fully saturated rings. The van der Waals surface area contributed by atoms with Crippen molar-refractivity contribution in [2.24, 2.45) is 7.05 Å². The van der Waals surface area contributed by atoms with E-state index >= 15 is 0 Å². The third-order valence-corrected chi connectivity index (χ3v) is 8.10. The van der Waals surface area contributed by atoms with Crippen LogP contribution in [-0.2, 0) is 31.5 Å². The number of nitrogens with zero attached hydrogens (tertiary/aromatic N) is 7. The molecule has 0 atom stereocenters. The summed E-state index contributed by atoms with van der Waals surface area (Å²) >= 11 is 6.54. The Morgan fingerprint density at radius 3 is 2.55 bits per heavy atom. The standard InChI is InChI=1S/C29H29ClN8O4/c1-36-26(20-4-2-19(3-5-20)13-31-17-39)24-25(34-36)28(40)38(16-32-24)15-29(41)8-10-37(11-9-29)14-22-7-6-21(12-23(22)30)27-33-18-42-35-27/h2-7,12,16-18,41H,8-11,13-15H2,1H3,(H,31,39). The highest BCUT2D eigenvalue weighted by molar-refractivity contribution is 6.31. The summed E-state index contributed by atoms with van der Waals surface area (Å²) in [7, 11) is 1.77. The van der Waals surface area contributed by atoms with E-state index in [9.17, 15) is 14.7 Å². The summed E-state index contributed by atoms with van der Waals surface area (Å²) in [6.45, 7) is 2.50. The molecule has 216 valence electrons. The lowest BCUT2D eigenvalue weighted by Gasteiger charge is -2.38. The zero-order valence-electron chi connectivity index (χ0n) is 22.9. The summed E-state index contributed by atoms with van der Waals surface area (Å²) in [5.41, 5.74) is 3.69. The third kappa shape index (κ3) is 5.56. The maximum atomic E-state index is 13.4. The van der Waals surface area contributed by atoms with Gasteiger partial charge < -0.3 is 14.9 Å². The molecule has 2 N–H and O–H groups in total. The molecule has 0 bridgehead atoms. The minimum atomic E-state index is -1.05. The van der Waals surface area contributed by atoms with Gasteiger partial charge >= 0.3 is 0 Å². The van der Waals surface area contributed by atoms with E-state index in [0.717, 1.165) is 27.9 Å². The molecule has 0 spiro atoms. The van der Waals surface area contributed by atoms with Crippen LogP contribution in [0.5, 0.6) is 0 Å². The molecule has 1 aliphatic rings. The van der Waals surface area contributed by atoms with Crippen molar-refractivity contribution in [2.45, 2.75) is 38.1 Å². The summed E-state index contributed by atoms with van der Waals surface area (Å²) in [4.78, 5) is 34.9. The van der Waals surface area contributed by atoms with Crippen LogP contribution in [0.2, 0.25) is 5.02 Å². The third-order valence-electron chi connectivity index (χ3n) is 7.75. The molecule has 13 heteroatoms. The fourth-order valence-electron chi connectivity index (χ4n) is 5.43. The van der Waals surface area contributed by atoms with Crippen molar-refractivity contribution in [2.75, 3.05) is 13.1 Å². The van der Waals surface area contributed by atoms with Gasteiger partial charge in [0.15, 0.2) is 5.52 Å². The zero-order chi connectivity index (χ0) is 29.3. The number of carbonyl (C=O) groups is 1. The molecular weight excluding hydrogens is 560 g/mol. The summed E-state index contributed by atoms with van der Waals surface area (Å²) < 4.78 is 7.92. The molecule has 42 heavy (non-hydrogen) atoms. The van der Waals surface area contributed by atoms with Gasteiger partial charge in [-0.1, -0.05) is 53.2 Å². The maximum absolute atomic E-state index is 13.4. The van der Waals surface area contributed by atoms with Crippen LogP contribution in [0.4, 0.5) is 0 Å². The van der Waals surface area contributed by atoms with Gasteiger partial charge in [-0.05, 0) is 30.0 Å². The van der Waals surface area contributed by atoms with Crippen molar-refractivity contribution in [3.8, 4) is 22.6 Å². The van der Waals surface area contributed by atoms with Gasteiger partial charge in [0, 0.05) is 49.4 Å². The number of fused-ring (bicyclic) bond motifs is 1. The highest BCUT2D eigenvalue weighted by atomic mass is 35.5. The number of carbonyl (C=O) groups excluding carboxylic acids is 1. The molecule has 0 radical (unpaired) electrons. The van der Waals surface area contributed by atoms with Crippen molar-refractivity contribution in [1.82, 2.24) is 39.7 Å². The number of rotatable bonds is 9. The highest BCUT2D eigenvalue weighted by Gasteiger charge is 2.33. The fourth-order valence-corrected chi connectivity index (χ4v) is 5.67. The van der Waals surface area contributed by atoms with Crippen LogP contribution >= 0.6 is 11.6 Å². The number of nitrogens with one attached hydrogen (secondary N) is 1. The molecule has 5 aromatic rings. The van der Waals surface area contributed by atoms with Gasteiger partial charge in [-0.15, -0.1) is 0 Å². The lowest BCUT2D eigenvalue weighted by Crippen LogP contribution is -2.47. The van der Waals surface area contributed by atoms with Crippen molar-refractivity contribution in [1.29, 1.82) is 0 Å². The molecule has 12 nitrogen and oxygen atoms in total. The van der Waals surface area contributed by atoms with Crippen molar-refractivity contribution in [3.63, 3.8) is 0 Å². The van der Waals surface area contributed by atoms with E-state index in [1.807, 2.05) is 42.5 Å². The van der Waals surface area contributed by atoms with E-state index in [1.54, 1.807) is 11.7 Å². The van der Waals surface area contributed by atoms with Crippen molar-refractivity contribution < 1.29 is 14.4 Å². The van der Waals surface area contributed by atoms with Crippen LogP contribution in [0.1, 0.15) is 24.0 Å². The molecule has 2 aromatic carbocycles. The molecular formula is C29H29ClN8O4. The Morgan fingerprint density at radius 2 is 1.86 bits per heavy atom. The van der Waals surface area contributed by atoms with E-state index in [2.05, 4.69) is 30.4 Å². The average Bonchev–Trinajstić information content (AvgIpc) is 3.65. The van der Waals surface area contributed by atoms with Gasteiger partial charge in [-0.3, -0.25) is 23.7 Å². The van der Waals surface area contributed by atoms with Crippen LogP contribution in [0.3, 0.4) is 0 Å². The number of aryl methyl sites for hydroxylation is 1. The number of aromatic nitrogens is 6. The van der Waals surface area contributed by atoms with Gasteiger partial charge in [0.25, 0.3) is 5.56 Å². The lowest BCUT2D eigenvalue weighted by atomic mass is 9.91. The lowest BCUT2D eigenvalue weighted by molar-refractivity contribution is -0.109. The smallest absolute Gasteiger partial charge is 0.281 e. The van der Waals surface area contributed by atoms with Gasteiger partial charge in [0.2, 0.25) is 18.6 Å². The van der Waals surface area contributed by atoms with E-state index in [0.29, 0.717) is 61.8 Å². The highest BCUT2D eigenvalue weighted by Crippen LogP contribution is 2.29. The second kappa shape index (κ2) is 11.5. The minimum absolute atomic E-state index is 0.132. The van der Waals surface area contributed by atoms with E-state index in [4.69, 9.17) is 16.1 Å². The van der Waals surface area contributed by atoms with Gasteiger partial charge in [0.05, 0.1) is 24.2 Å². The van der Waals surface area contributed by atoms with Crippen LogP contribution in [0.15, 0.2) is 64.5 Å². The first-order valence-corrected chi connectivity index (χ1v) is 13.9. The van der Waals surface area contributed by atoms with E-state index < -0.39 is 5.60 Å². The quantitative estimate of drug-likeness (QED) is 0.248. The van der Waals surface area contributed by atoms with Crippen molar-refractivity contribution in [3.05, 3.63) is 81.7 Å². The van der Waals surface area contributed by atoms with Gasteiger partial charge in [-0.25, -0.2) is 4.98 Å². The first-order valence-electron chi connectivity index (χ1n) is 13.5. The molecule has 4 heterocycles. The van der Waals surface area contributed by atoms with Crippen molar-refractivity contribution >= 4 is 29.0 Å². The number of aliphatic hydroxyl groups is 1. The number of halogens is 1. The van der Waals surface area contributed by atoms with E-state index in [-0.39, 0.29) is 17.6 Å². The molecule has 1 aliphatic heterocycles. The van der Waals surface area contributed by atoms with Crippen LogP contribution in [0.25, 0.3) is 33.7 Å². The van der Waals surface area contributed by atoms with Gasteiger partial charge in [0.1, 0.15) is 5.52 Å². The molecule has 1 saturated heterocycles. The Bertz CT molecular complexity index is 1770. The zero-order valence-corrected chi connectivity index (χ0v) is 23.7. The number of amides is 1. The molecule has 0 aliphatic carbocycles. The Balaban J connectivity index is 1.13. The predicted octanol–water partition coefficient (Wildman–Crippen LogP) is 2.77. The second-order valence-electron chi connectivity index (χ2n) is 10.6. The minimum Gasteiger partial charge on any atom is -0.388 e. The first kappa shape index (κ1) is 27.8. The SMILES string of the molecule is Cn1nc2c(=O)n(CC3(O)CCN(Cc4ccc(-c5ncon5)cc4Cl)CC3)cnc2c1-c1ccc(CNC=O)cc1. The predicted molar refractivity (Wildman–Crippen MR) is 155 cm³/mol. The summed E-state index contributed by atoms with van der Waals surface area (Å²) in [5, 5.41) is 23.0. The number of hydrogen-bond acceptors (Lipinski definition) is 9. The average molecular weight is 589 g/mol. The Kier molecular flexibility index (Phi) is 7.58. The van der Waals surface area contributed by atoms with Crippen LogP contribution < -0.4 is 10.9 Å². The Hall–Kier alpha value is -4.39. The Labute approximate surface area is 245 Å². The fraction of sp³-hybridized carbons (Fsp3) is 0.310. The van der Waals surface area contributed by atoms with Gasteiger partial charge in [-0.2, -0.15) is 10.1 Å². The van der Waals surface area contributed by atoms with Crippen LogP contribution in [-0.4, -0.2) is 64.6 Å².